The second-order valence-corrected chi connectivity index (χ2v) is 7.18. The number of nitrogens with zero attached hydrogens (tertiary/aromatic N) is 5. The van der Waals surface area contributed by atoms with Gasteiger partial charge in [-0.25, -0.2) is 0 Å². The highest BCUT2D eigenvalue weighted by Gasteiger charge is 2.20. The van der Waals surface area contributed by atoms with E-state index >= 15 is 0 Å². The van der Waals surface area contributed by atoms with Gasteiger partial charge in [-0.3, -0.25) is 0 Å². The van der Waals surface area contributed by atoms with Crippen LogP contribution in [0.3, 0.4) is 0 Å². The number of halogens is 1. The number of nitriles is 1. The molecule has 1 aliphatic heterocycles. The average molecular weight is 390 g/mol. The molecular weight excluding hydrogens is 370 g/mol. The van der Waals surface area contributed by atoms with Gasteiger partial charge in [0, 0.05) is 36.9 Å². The molecule has 1 aliphatic rings. The fourth-order valence-corrected chi connectivity index (χ4v) is 3.58. The highest BCUT2D eigenvalue weighted by Crippen LogP contribution is 2.25. The van der Waals surface area contributed by atoms with E-state index in [1.54, 1.807) is 12.1 Å². The third-order valence-corrected chi connectivity index (χ3v) is 5.28. The molecule has 1 aromatic heterocycles. The average Bonchev–Trinajstić information content (AvgIpc) is 2.77. The van der Waals surface area contributed by atoms with Crippen LogP contribution in [-0.2, 0) is 0 Å². The van der Waals surface area contributed by atoms with Crippen LogP contribution in [-0.4, -0.2) is 36.4 Å². The van der Waals surface area contributed by atoms with Gasteiger partial charge in [0.05, 0.1) is 11.8 Å². The molecule has 3 aromatic rings. The van der Waals surface area contributed by atoms with Crippen LogP contribution >= 0.6 is 11.6 Å². The van der Waals surface area contributed by atoms with E-state index in [9.17, 15) is 5.26 Å². The molecule has 0 amide bonds. The van der Waals surface area contributed by atoms with Gasteiger partial charge in [-0.05, 0) is 42.0 Å². The molecule has 4 rings (SSSR count). The van der Waals surface area contributed by atoms with Crippen LogP contribution in [0.2, 0.25) is 5.02 Å². The molecule has 140 valence electrons. The van der Waals surface area contributed by atoms with Crippen molar-refractivity contribution in [2.75, 3.05) is 36.0 Å². The summed E-state index contributed by atoms with van der Waals surface area (Å²) in [7, 11) is 0. The number of para-hydroxylation sites is 1. The summed E-state index contributed by atoms with van der Waals surface area (Å²) in [6.07, 6.45) is 0. The molecule has 1 saturated heterocycles. The zero-order valence-corrected chi connectivity index (χ0v) is 16.1. The maximum absolute atomic E-state index is 9.59. The summed E-state index contributed by atoms with van der Waals surface area (Å²) in [4.78, 5) is 4.62. The molecule has 0 radical (unpaired) electrons. The minimum atomic E-state index is -0.450. The standard InChI is InChI=1S/C22H20ClN5/c23-18-8-6-17(7-9-18)20(16-24)21-10-11-22(26-25-21)28-14-12-27(13-15-28)19-4-2-1-3-5-19/h1-11,20H,12-15H2. The minimum absolute atomic E-state index is 0.450. The number of aromatic nitrogens is 2. The number of benzene rings is 2. The highest BCUT2D eigenvalue weighted by atomic mass is 35.5. The second kappa shape index (κ2) is 8.28. The van der Waals surface area contributed by atoms with E-state index in [2.05, 4.69) is 50.3 Å². The first-order valence-corrected chi connectivity index (χ1v) is 9.66. The predicted octanol–water partition coefficient (Wildman–Crippen LogP) is 4.11. The van der Waals surface area contributed by atoms with Crippen molar-refractivity contribution in [3.63, 3.8) is 0 Å². The maximum atomic E-state index is 9.59. The first-order chi connectivity index (χ1) is 13.7. The van der Waals surface area contributed by atoms with Crippen molar-refractivity contribution in [1.82, 2.24) is 10.2 Å². The van der Waals surface area contributed by atoms with Gasteiger partial charge in [0.25, 0.3) is 0 Å². The van der Waals surface area contributed by atoms with Gasteiger partial charge in [-0.2, -0.15) is 10.4 Å². The van der Waals surface area contributed by atoms with E-state index in [-0.39, 0.29) is 0 Å². The lowest BCUT2D eigenvalue weighted by Gasteiger charge is -2.36. The Morgan fingerprint density at radius 3 is 2.11 bits per heavy atom. The molecule has 0 N–H and O–H groups in total. The van der Waals surface area contributed by atoms with Crippen LogP contribution in [0.15, 0.2) is 66.7 Å². The van der Waals surface area contributed by atoms with Crippen molar-refractivity contribution < 1.29 is 0 Å². The maximum Gasteiger partial charge on any atom is 0.151 e. The lowest BCUT2D eigenvalue weighted by molar-refractivity contribution is 0.642. The smallest absolute Gasteiger partial charge is 0.151 e. The van der Waals surface area contributed by atoms with E-state index in [1.807, 2.05) is 30.3 Å². The van der Waals surface area contributed by atoms with Gasteiger partial charge in [-0.1, -0.05) is 41.9 Å². The zero-order valence-electron chi connectivity index (χ0n) is 15.4. The van der Waals surface area contributed by atoms with Gasteiger partial charge in [0.2, 0.25) is 0 Å². The Bertz CT molecular complexity index is 943. The third kappa shape index (κ3) is 3.92. The summed E-state index contributed by atoms with van der Waals surface area (Å²) in [6, 6.07) is 23.9. The molecule has 1 fully saturated rings. The Morgan fingerprint density at radius 2 is 1.50 bits per heavy atom. The number of hydrogen-bond acceptors (Lipinski definition) is 5. The van der Waals surface area contributed by atoms with Crippen LogP contribution in [0.4, 0.5) is 11.5 Å². The Labute approximate surface area is 169 Å². The summed E-state index contributed by atoms with van der Waals surface area (Å²) in [5, 5.41) is 19.0. The summed E-state index contributed by atoms with van der Waals surface area (Å²) in [6.45, 7) is 3.67. The van der Waals surface area contributed by atoms with Crippen molar-refractivity contribution in [2.24, 2.45) is 0 Å². The molecule has 0 aliphatic carbocycles. The van der Waals surface area contributed by atoms with Crippen molar-refractivity contribution in [1.29, 1.82) is 5.26 Å². The molecule has 2 aromatic carbocycles. The molecule has 5 nitrogen and oxygen atoms in total. The normalized spacial score (nSPS) is 15.1. The number of hydrogen-bond donors (Lipinski definition) is 0. The van der Waals surface area contributed by atoms with E-state index in [0.29, 0.717) is 10.7 Å². The molecule has 0 saturated carbocycles. The van der Waals surface area contributed by atoms with Gasteiger partial charge in [0.1, 0.15) is 5.92 Å². The molecule has 1 atom stereocenters. The first kappa shape index (κ1) is 18.3. The largest absolute Gasteiger partial charge is 0.368 e. The third-order valence-electron chi connectivity index (χ3n) is 5.02. The Morgan fingerprint density at radius 1 is 0.821 bits per heavy atom. The first-order valence-electron chi connectivity index (χ1n) is 9.28. The van der Waals surface area contributed by atoms with Crippen LogP contribution in [0.5, 0.6) is 0 Å². The zero-order chi connectivity index (χ0) is 19.3. The van der Waals surface area contributed by atoms with E-state index in [4.69, 9.17) is 11.6 Å². The van der Waals surface area contributed by atoms with Gasteiger partial charge >= 0.3 is 0 Å². The number of rotatable bonds is 4. The van der Waals surface area contributed by atoms with Crippen molar-refractivity contribution >= 4 is 23.1 Å². The summed E-state index contributed by atoms with van der Waals surface area (Å²) in [5.41, 5.74) is 2.77. The Kier molecular flexibility index (Phi) is 5.41. The summed E-state index contributed by atoms with van der Waals surface area (Å²) >= 11 is 5.94. The monoisotopic (exact) mass is 389 g/mol. The number of anilines is 2. The van der Waals surface area contributed by atoms with Crippen LogP contribution in [0.25, 0.3) is 0 Å². The molecule has 0 spiro atoms. The van der Waals surface area contributed by atoms with Crippen LogP contribution in [0.1, 0.15) is 17.2 Å². The molecular formula is C22H20ClN5. The van der Waals surface area contributed by atoms with Crippen LogP contribution in [0, 0.1) is 11.3 Å². The van der Waals surface area contributed by atoms with Crippen molar-refractivity contribution in [3.8, 4) is 6.07 Å². The Hall–Kier alpha value is -3.10. The highest BCUT2D eigenvalue weighted by molar-refractivity contribution is 6.30. The molecule has 28 heavy (non-hydrogen) atoms. The number of piperazine rings is 1. The minimum Gasteiger partial charge on any atom is -0.368 e. The van der Waals surface area contributed by atoms with Gasteiger partial charge in [-0.15, -0.1) is 5.10 Å². The second-order valence-electron chi connectivity index (χ2n) is 6.74. The fourth-order valence-electron chi connectivity index (χ4n) is 3.46. The van der Waals surface area contributed by atoms with Gasteiger partial charge in [0.15, 0.2) is 5.82 Å². The Balaban J connectivity index is 1.43. The molecule has 2 heterocycles. The van der Waals surface area contributed by atoms with E-state index < -0.39 is 5.92 Å². The van der Waals surface area contributed by atoms with E-state index in [0.717, 1.165) is 37.6 Å². The summed E-state index contributed by atoms with van der Waals surface area (Å²) in [5.74, 6) is 0.401. The lowest BCUT2D eigenvalue weighted by atomic mass is 9.97. The van der Waals surface area contributed by atoms with Crippen LogP contribution < -0.4 is 9.80 Å². The predicted molar refractivity (Wildman–Crippen MR) is 112 cm³/mol. The summed E-state index contributed by atoms with van der Waals surface area (Å²) < 4.78 is 0. The molecule has 0 bridgehead atoms. The fraction of sp³-hybridized carbons (Fsp3) is 0.227. The molecule has 6 heteroatoms. The van der Waals surface area contributed by atoms with Crippen molar-refractivity contribution in [2.45, 2.75) is 5.92 Å². The van der Waals surface area contributed by atoms with E-state index in [1.165, 1.54) is 5.69 Å². The SMILES string of the molecule is N#CC(c1ccc(Cl)cc1)c1ccc(N2CCN(c3ccccc3)CC2)nn1. The quantitative estimate of drug-likeness (QED) is 0.672. The molecule has 1 unspecified atom stereocenters. The van der Waals surface area contributed by atoms with Crippen molar-refractivity contribution in [3.05, 3.63) is 83.0 Å². The topological polar surface area (TPSA) is 56.1 Å². The lowest BCUT2D eigenvalue weighted by Crippen LogP contribution is -2.46. The van der Waals surface area contributed by atoms with Gasteiger partial charge < -0.3 is 9.80 Å².